The Labute approximate surface area is 110 Å². The summed E-state index contributed by atoms with van der Waals surface area (Å²) in [6.07, 6.45) is 3.75. The second kappa shape index (κ2) is 6.21. The van der Waals surface area contributed by atoms with Crippen LogP contribution in [0.1, 0.15) is 24.0 Å². The van der Waals surface area contributed by atoms with Crippen LogP contribution in [0.3, 0.4) is 0 Å². The van der Waals surface area contributed by atoms with Crippen LogP contribution in [0, 0.1) is 6.92 Å². The molecule has 1 unspecified atom stereocenters. The number of hydrogen-bond acceptors (Lipinski definition) is 3. The highest BCUT2D eigenvalue weighted by Gasteiger charge is 2.18. The zero-order valence-electron chi connectivity index (χ0n) is 11.5. The molecule has 0 saturated carbocycles. The number of hydrogen-bond donors (Lipinski definition) is 1. The fourth-order valence-corrected chi connectivity index (χ4v) is 2.66. The van der Waals surface area contributed by atoms with Crippen molar-refractivity contribution in [3.05, 3.63) is 29.3 Å². The molecule has 2 rings (SSSR count). The standard InChI is InChI=1S/C15H24N2O/c1-12-10-13(7-8-16)5-6-15(12)17(2)11-14-4-3-9-18-14/h5-6,10,14H,3-4,7-9,11,16H2,1-2H3. The molecule has 100 valence electrons. The largest absolute Gasteiger partial charge is 0.376 e. The molecule has 1 atom stereocenters. The van der Waals surface area contributed by atoms with Gasteiger partial charge in [-0.3, -0.25) is 0 Å². The minimum absolute atomic E-state index is 0.401. The summed E-state index contributed by atoms with van der Waals surface area (Å²) in [7, 11) is 2.15. The second-order valence-corrected chi connectivity index (χ2v) is 5.18. The summed E-state index contributed by atoms with van der Waals surface area (Å²) < 4.78 is 5.69. The van der Waals surface area contributed by atoms with Crippen molar-refractivity contribution < 1.29 is 4.74 Å². The highest BCUT2D eigenvalue weighted by Crippen LogP contribution is 2.22. The molecule has 0 amide bonds. The van der Waals surface area contributed by atoms with E-state index in [1.54, 1.807) is 0 Å². The van der Waals surface area contributed by atoms with Crippen molar-refractivity contribution in [1.82, 2.24) is 0 Å². The van der Waals surface area contributed by atoms with Crippen LogP contribution >= 0.6 is 0 Å². The number of nitrogens with zero attached hydrogens (tertiary/aromatic N) is 1. The van der Waals surface area contributed by atoms with Crippen LogP contribution in [0.4, 0.5) is 5.69 Å². The predicted octanol–water partition coefficient (Wildman–Crippen LogP) is 2.11. The van der Waals surface area contributed by atoms with Crippen molar-refractivity contribution in [3.63, 3.8) is 0 Å². The number of likely N-dealkylation sites (N-methyl/N-ethyl adjacent to an activating group) is 1. The Balaban J connectivity index is 2.02. The first-order valence-electron chi connectivity index (χ1n) is 6.83. The lowest BCUT2D eigenvalue weighted by molar-refractivity contribution is 0.116. The molecule has 1 aromatic rings. The molecule has 1 aromatic carbocycles. The molecule has 1 aliphatic heterocycles. The van der Waals surface area contributed by atoms with Crippen molar-refractivity contribution in [2.75, 3.05) is 31.6 Å². The van der Waals surface area contributed by atoms with Crippen LogP contribution in [0.25, 0.3) is 0 Å². The fourth-order valence-electron chi connectivity index (χ4n) is 2.66. The van der Waals surface area contributed by atoms with Crippen LogP contribution in [0.2, 0.25) is 0 Å². The molecule has 0 aromatic heterocycles. The number of rotatable bonds is 5. The molecule has 1 saturated heterocycles. The maximum Gasteiger partial charge on any atom is 0.0750 e. The maximum atomic E-state index is 5.69. The van der Waals surface area contributed by atoms with Gasteiger partial charge in [-0.1, -0.05) is 12.1 Å². The van der Waals surface area contributed by atoms with E-state index in [1.807, 2.05) is 0 Å². The van der Waals surface area contributed by atoms with Crippen LogP contribution < -0.4 is 10.6 Å². The van der Waals surface area contributed by atoms with Gasteiger partial charge in [-0.05, 0) is 49.9 Å². The van der Waals surface area contributed by atoms with Gasteiger partial charge in [-0.2, -0.15) is 0 Å². The van der Waals surface area contributed by atoms with Crippen LogP contribution in [0.15, 0.2) is 18.2 Å². The molecule has 0 spiro atoms. The molecule has 1 aliphatic rings. The zero-order valence-corrected chi connectivity index (χ0v) is 11.5. The van der Waals surface area contributed by atoms with Crippen molar-refractivity contribution in [3.8, 4) is 0 Å². The van der Waals surface area contributed by atoms with E-state index in [4.69, 9.17) is 10.5 Å². The van der Waals surface area contributed by atoms with E-state index in [1.165, 1.54) is 29.7 Å². The number of benzene rings is 1. The van der Waals surface area contributed by atoms with Gasteiger partial charge in [0.25, 0.3) is 0 Å². The molecule has 0 radical (unpaired) electrons. The minimum atomic E-state index is 0.401. The molecule has 3 nitrogen and oxygen atoms in total. The summed E-state index contributed by atoms with van der Waals surface area (Å²) in [6.45, 7) is 4.79. The normalized spacial score (nSPS) is 19.2. The monoisotopic (exact) mass is 248 g/mol. The van der Waals surface area contributed by atoms with E-state index in [2.05, 4.69) is 37.1 Å². The third-order valence-electron chi connectivity index (χ3n) is 3.61. The summed E-state index contributed by atoms with van der Waals surface area (Å²) in [5.41, 5.74) is 9.53. The quantitative estimate of drug-likeness (QED) is 0.867. The Morgan fingerprint density at radius 3 is 2.89 bits per heavy atom. The SMILES string of the molecule is Cc1cc(CCN)ccc1N(C)CC1CCCO1. The lowest BCUT2D eigenvalue weighted by Gasteiger charge is -2.24. The summed E-state index contributed by atoms with van der Waals surface area (Å²) in [5.74, 6) is 0. The van der Waals surface area contributed by atoms with Crippen molar-refractivity contribution in [1.29, 1.82) is 0 Å². The van der Waals surface area contributed by atoms with E-state index in [0.717, 1.165) is 19.6 Å². The second-order valence-electron chi connectivity index (χ2n) is 5.18. The van der Waals surface area contributed by atoms with Gasteiger partial charge in [-0.25, -0.2) is 0 Å². The predicted molar refractivity (Wildman–Crippen MR) is 76.2 cm³/mol. The first-order chi connectivity index (χ1) is 8.70. The van der Waals surface area contributed by atoms with Crippen LogP contribution in [0.5, 0.6) is 0 Å². The lowest BCUT2D eigenvalue weighted by Crippen LogP contribution is -2.29. The topological polar surface area (TPSA) is 38.5 Å². The lowest BCUT2D eigenvalue weighted by atomic mass is 10.1. The zero-order chi connectivity index (χ0) is 13.0. The van der Waals surface area contributed by atoms with E-state index in [0.29, 0.717) is 12.6 Å². The van der Waals surface area contributed by atoms with Crippen LogP contribution in [-0.2, 0) is 11.2 Å². The molecule has 0 aliphatic carbocycles. The van der Waals surface area contributed by atoms with Gasteiger partial charge in [0.15, 0.2) is 0 Å². The van der Waals surface area contributed by atoms with Crippen molar-refractivity contribution >= 4 is 5.69 Å². The number of anilines is 1. The number of aryl methyl sites for hydroxylation is 1. The average Bonchev–Trinajstić information content (AvgIpc) is 2.82. The molecule has 1 fully saturated rings. The Hall–Kier alpha value is -1.06. The van der Waals surface area contributed by atoms with E-state index in [-0.39, 0.29) is 0 Å². The average molecular weight is 248 g/mol. The van der Waals surface area contributed by atoms with Gasteiger partial charge in [0.05, 0.1) is 6.10 Å². The molecule has 3 heteroatoms. The van der Waals surface area contributed by atoms with Gasteiger partial charge in [0, 0.05) is 25.9 Å². The number of ether oxygens (including phenoxy) is 1. The minimum Gasteiger partial charge on any atom is -0.376 e. The van der Waals surface area contributed by atoms with E-state index < -0.39 is 0 Å². The fraction of sp³-hybridized carbons (Fsp3) is 0.600. The van der Waals surface area contributed by atoms with Gasteiger partial charge < -0.3 is 15.4 Å². The Morgan fingerprint density at radius 1 is 1.44 bits per heavy atom. The Kier molecular flexibility index (Phi) is 4.61. The molecular weight excluding hydrogens is 224 g/mol. The smallest absolute Gasteiger partial charge is 0.0750 e. The molecule has 1 heterocycles. The van der Waals surface area contributed by atoms with Crippen molar-refractivity contribution in [2.24, 2.45) is 5.73 Å². The van der Waals surface area contributed by atoms with Crippen LogP contribution in [-0.4, -0.2) is 32.8 Å². The molecule has 0 bridgehead atoms. The first kappa shape index (κ1) is 13.4. The Morgan fingerprint density at radius 2 is 2.28 bits per heavy atom. The highest BCUT2D eigenvalue weighted by molar-refractivity contribution is 5.54. The van der Waals surface area contributed by atoms with Crippen molar-refractivity contribution in [2.45, 2.75) is 32.3 Å². The number of nitrogens with two attached hydrogens (primary N) is 1. The summed E-state index contributed by atoms with van der Waals surface area (Å²) in [6, 6.07) is 6.63. The molecular formula is C15H24N2O. The van der Waals surface area contributed by atoms with Gasteiger partial charge in [0.2, 0.25) is 0 Å². The maximum absolute atomic E-state index is 5.69. The summed E-state index contributed by atoms with van der Waals surface area (Å²) >= 11 is 0. The third kappa shape index (κ3) is 3.24. The Bertz CT molecular complexity index is 386. The molecule has 18 heavy (non-hydrogen) atoms. The van der Waals surface area contributed by atoms with Gasteiger partial charge in [0.1, 0.15) is 0 Å². The van der Waals surface area contributed by atoms with Gasteiger partial charge >= 0.3 is 0 Å². The summed E-state index contributed by atoms with van der Waals surface area (Å²) in [4.78, 5) is 2.30. The van der Waals surface area contributed by atoms with E-state index in [9.17, 15) is 0 Å². The highest BCUT2D eigenvalue weighted by atomic mass is 16.5. The summed E-state index contributed by atoms with van der Waals surface area (Å²) in [5, 5.41) is 0. The van der Waals surface area contributed by atoms with E-state index >= 15 is 0 Å². The first-order valence-corrected chi connectivity index (χ1v) is 6.83. The molecule has 2 N–H and O–H groups in total. The van der Waals surface area contributed by atoms with Gasteiger partial charge in [-0.15, -0.1) is 0 Å². The third-order valence-corrected chi connectivity index (χ3v) is 3.61.